The van der Waals surface area contributed by atoms with Crippen molar-refractivity contribution < 1.29 is 9.53 Å². The van der Waals surface area contributed by atoms with E-state index in [1.807, 2.05) is 11.0 Å². The molecule has 32 heavy (non-hydrogen) atoms. The molecule has 1 aromatic carbocycles. The molecule has 1 amide bonds. The Morgan fingerprint density at radius 3 is 2.97 bits per heavy atom. The Hall–Kier alpha value is -3.04. The van der Waals surface area contributed by atoms with Crippen molar-refractivity contribution in [1.82, 2.24) is 29.7 Å². The molecule has 4 rings (SSSR count). The third kappa shape index (κ3) is 5.23. The highest BCUT2D eigenvalue weighted by Crippen LogP contribution is 2.21. The van der Waals surface area contributed by atoms with Crippen LogP contribution in [0.15, 0.2) is 36.9 Å². The van der Waals surface area contributed by atoms with Crippen LogP contribution in [-0.4, -0.2) is 67.9 Å². The molecule has 1 aliphatic rings. The van der Waals surface area contributed by atoms with Crippen LogP contribution in [0.4, 0.5) is 5.82 Å². The van der Waals surface area contributed by atoms with Crippen molar-refractivity contribution in [2.24, 2.45) is 0 Å². The summed E-state index contributed by atoms with van der Waals surface area (Å²) in [4.78, 5) is 33.5. The Bertz CT molecular complexity index is 1100. The van der Waals surface area contributed by atoms with Crippen molar-refractivity contribution in [2.45, 2.75) is 32.4 Å². The predicted octanol–water partition coefficient (Wildman–Crippen LogP) is 2.55. The fourth-order valence-corrected chi connectivity index (χ4v) is 4.21. The lowest BCUT2D eigenvalue weighted by molar-refractivity contribution is -0.138. The highest BCUT2D eigenvalue weighted by Gasteiger charge is 2.30. The van der Waals surface area contributed by atoms with Crippen molar-refractivity contribution in [1.29, 1.82) is 0 Å². The Kier molecular flexibility index (Phi) is 6.96. The van der Waals surface area contributed by atoms with Crippen molar-refractivity contribution in [3.8, 4) is 5.88 Å². The van der Waals surface area contributed by atoms with E-state index in [1.165, 1.54) is 18.7 Å². The van der Waals surface area contributed by atoms with E-state index in [9.17, 15) is 4.79 Å². The zero-order valence-electron chi connectivity index (χ0n) is 17.9. The fraction of sp³-hybridized carbons (Fsp3) is 0.409. The van der Waals surface area contributed by atoms with Crippen LogP contribution in [0.5, 0.6) is 5.88 Å². The van der Waals surface area contributed by atoms with Crippen LogP contribution in [0.25, 0.3) is 10.9 Å². The minimum Gasteiger partial charge on any atom is -0.466 e. The molecule has 1 saturated heterocycles. The number of amides is 1. The standard InChI is InChI=1S/C22H26ClN7O2/c1-2-3-16-12-29(11-15-4-5-17-18(8-15)26-14-27-22(17)24)6-7-30(16)21(31)13-32-20-10-25-9-19(23)28-20/h4-5,8-10,14,16H,2-3,6-7,11-13H2,1H3,(H2,24,26,27)/t16-/m0/s1. The maximum atomic E-state index is 12.9. The Balaban J connectivity index is 1.38. The zero-order chi connectivity index (χ0) is 22.5. The third-order valence-electron chi connectivity index (χ3n) is 5.57. The topological polar surface area (TPSA) is 110 Å². The number of nitrogens with two attached hydrogens (primary N) is 1. The van der Waals surface area contributed by atoms with Crippen molar-refractivity contribution in [3.05, 3.63) is 47.6 Å². The number of halogens is 1. The minimum absolute atomic E-state index is 0.0530. The number of benzene rings is 1. The van der Waals surface area contributed by atoms with Gasteiger partial charge in [-0.1, -0.05) is 31.0 Å². The number of piperazine rings is 1. The second-order valence-corrected chi connectivity index (χ2v) is 8.23. The smallest absolute Gasteiger partial charge is 0.260 e. The summed E-state index contributed by atoms with van der Waals surface area (Å²) in [6.07, 6.45) is 6.28. The van der Waals surface area contributed by atoms with E-state index in [0.717, 1.165) is 48.9 Å². The second kappa shape index (κ2) is 10.1. The van der Waals surface area contributed by atoms with Gasteiger partial charge >= 0.3 is 0 Å². The van der Waals surface area contributed by atoms with E-state index in [1.54, 1.807) is 0 Å². The van der Waals surface area contributed by atoms with Crippen LogP contribution in [-0.2, 0) is 11.3 Å². The molecule has 0 bridgehead atoms. The highest BCUT2D eigenvalue weighted by atomic mass is 35.5. The van der Waals surface area contributed by atoms with E-state index in [2.05, 4.69) is 43.9 Å². The Morgan fingerprint density at radius 1 is 1.28 bits per heavy atom. The summed E-state index contributed by atoms with van der Waals surface area (Å²) < 4.78 is 5.52. The Labute approximate surface area is 191 Å². The number of fused-ring (bicyclic) bond motifs is 1. The van der Waals surface area contributed by atoms with Crippen molar-refractivity contribution in [3.63, 3.8) is 0 Å². The average molecular weight is 456 g/mol. The molecule has 0 radical (unpaired) electrons. The molecule has 1 fully saturated rings. The predicted molar refractivity (Wildman–Crippen MR) is 122 cm³/mol. The fourth-order valence-electron chi connectivity index (χ4n) is 4.07. The van der Waals surface area contributed by atoms with Gasteiger partial charge in [-0.25, -0.2) is 9.97 Å². The van der Waals surface area contributed by atoms with E-state index in [0.29, 0.717) is 12.4 Å². The molecule has 0 unspecified atom stereocenters. The molecular formula is C22H26ClN7O2. The molecule has 1 atom stereocenters. The van der Waals surface area contributed by atoms with E-state index < -0.39 is 0 Å². The molecule has 2 aromatic heterocycles. The maximum absolute atomic E-state index is 12.9. The molecule has 3 heterocycles. The van der Waals surface area contributed by atoms with Gasteiger partial charge in [0.05, 0.1) is 17.9 Å². The first-order valence-corrected chi connectivity index (χ1v) is 11.0. The van der Waals surface area contributed by atoms with Crippen molar-refractivity contribution >= 4 is 34.2 Å². The van der Waals surface area contributed by atoms with Crippen LogP contribution in [0.3, 0.4) is 0 Å². The van der Waals surface area contributed by atoms with Crippen LogP contribution < -0.4 is 10.5 Å². The van der Waals surface area contributed by atoms with Crippen LogP contribution in [0.1, 0.15) is 25.3 Å². The molecule has 10 heteroatoms. The summed E-state index contributed by atoms with van der Waals surface area (Å²) in [5.41, 5.74) is 7.94. The molecule has 0 spiro atoms. The highest BCUT2D eigenvalue weighted by molar-refractivity contribution is 6.29. The lowest BCUT2D eigenvalue weighted by Crippen LogP contribution is -2.55. The Morgan fingerprint density at radius 2 is 2.16 bits per heavy atom. The maximum Gasteiger partial charge on any atom is 0.260 e. The number of hydrogen-bond donors (Lipinski definition) is 1. The monoisotopic (exact) mass is 455 g/mol. The largest absolute Gasteiger partial charge is 0.466 e. The number of ether oxygens (including phenoxy) is 1. The van der Waals surface area contributed by atoms with Gasteiger partial charge in [0.2, 0.25) is 5.88 Å². The van der Waals surface area contributed by atoms with E-state index in [-0.39, 0.29) is 29.6 Å². The van der Waals surface area contributed by atoms with Gasteiger partial charge in [-0.05, 0) is 24.1 Å². The lowest BCUT2D eigenvalue weighted by Gasteiger charge is -2.41. The van der Waals surface area contributed by atoms with Gasteiger partial charge in [0.15, 0.2) is 11.8 Å². The quantitative estimate of drug-likeness (QED) is 0.578. The van der Waals surface area contributed by atoms with Gasteiger partial charge in [-0.15, -0.1) is 0 Å². The van der Waals surface area contributed by atoms with E-state index in [4.69, 9.17) is 22.1 Å². The van der Waals surface area contributed by atoms with Crippen LogP contribution in [0.2, 0.25) is 5.15 Å². The van der Waals surface area contributed by atoms with Gasteiger partial charge in [0.25, 0.3) is 5.91 Å². The number of aromatic nitrogens is 4. The molecule has 3 aromatic rings. The number of anilines is 1. The van der Waals surface area contributed by atoms with Gasteiger partial charge in [-0.3, -0.25) is 14.7 Å². The second-order valence-electron chi connectivity index (χ2n) is 7.84. The average Bonchev–Trinajstić information content (AvgIpc) is 2.78. The summed E-state index contributed by atoms with van der Waals surface area (Å²) in [6.45, 7) is 5.08. The molecule has 168 valence electrons. The molecule has 2 N–H and O–H groups in total. The van der Waals surface area contributed by atoms with Crippen molar-refractivity contribution in [2.75, 3.05) is 32.0 Å². The summed E-state index contributed by atoms with van der Waals surface area (Å²) in [6, 6.07) is 6.22. The first-order chi connectivity index (χ1) is 15.5. The number of carbonyl (C=O) groups is 1. The van der Waals surface area contributed by atoms with Crippen LogP contribution >= 0.6 is 11.6 Å². The van der Waals surface area contributed by atoms with Gasteiger partial charge < -0.3 is 15.4 Å². The van der Waals surface area contributed by atoms with Gasteiger partial charge in [0.1, 0.15) is 12.1 Å². The zero-order valence-corrected chi connectivity index (χ0v) is 18.7. The third-order valence-corrected chi connectivity index (χ3v) is 5.76. The van der Waals surface area contributed by atoms with Crippen LogP contribution in [0, 0.1) is 0 Å². The summed E-state index contributed by atoms with van der Waals surface area (Å²) in [5, 5.41) is 1.09. The number of hydrogen-bond acceptors (Lipinski definition) is 8. The lowest BCUT2D eigenvalue weighted by atomic mass is 10.1. The number of rotatable bonds is 7. The summed E-state index contributed by atoms with van der Waals surface area (Å²) in [7, 11) is 0. The number of carbonyl (C=O) groups excluding carboxylic acids is 1. The minimum atomic E-state index is -0.0823. The normalized spacial score (nSPS) is 16.9. The molecule has 1 aliphatic heterocycles. The first kappa shape index (κ1) is 22.2. The van der Waals surface area contributed by atoms with E-state index >= 15 is 0 Å². The first-order valence-electron chi connectivity index (χ1n) is 10.6. The molecular weight excluding hydrogens is 430 g/mol. The number of nitrogens with zero attached hydrogens (tertiary/aromatic N) is 6. The molecule has 9 nitrogen and oxygen atoms in total. The SMILES string of the molecule is CCC[C@H]1CN(Cc2ccc3c(N)ncnc3c2)CCN1C(=O)COc1cncc(Cl)n1. The number of nitrogen functional groups attached to an aromatic ring is 1. The molecule has 0 saturated carbocycles. The summed E-state index contributed by atoms with van der Waals surface area (Å²) >= 11 is 5.83. The van der Waals surface area contributed by atoms with Gasteiger partial charge in [-0.2, -0.15) is 4.98 Å². The summed E-state index contributed by atoms with van der Waals surface area (Å²) in [5.74, 6) is 0.683. The molecule has 0 aliphatic carbocycles. The van der Waals surface area contributed by atoms with Gasteiger partial charge in [0, 0.05) is 37.6 Å².